The lowest BCUT2D eigenvalue weighted by Crippen LogP contribution is -2.19. The van der Waals surface area contributed by atoms with Gasteiger partial charge in [-0.25, -0.2) is 0 Å². The molecule has 6 nitrogen and oxygen atoms in total. The third-order valence-electron chi connectivity index (χ3n) is 4.32. The molecule has 26 heavy (non-hydrogen) atoms. The summed E-state index contributed by atoms with van der Waals surface area (Å²) in [7, 11) is 0. The van der Waals surface area contributed by atoms with Gasteiger partial charge in [-0.1, -0.05) is 24.3 Å². The first-order chi connectivity index (χ1) is 12.5. The first kappa shape index (κ1) is 15.8. The highest BCUT2D eigenvalue weighted by Crippen LogP contribution is 2.26. The Hall–Kier alpha value is -3.67. The zero-order chi connectivity index (χ0) is 18.3. The van der Waals surface area contributed by atoms with Crippen molar-refractivity contribution in [3.05, 3.63) is 71.3 Å². The predicted molar refractivity (Wildman–Crippen MR) is 96.2 cm³/mol. The van der Waals surface area contributed by atoms with Crippen LogP contribution in [0, 0.1) is 0 Å². The van der Waals surface area contributed by atoms with Crippen LogP contribution in [-0.4, -0.2) is 22.8 Å². The summed E-state index contributed by atoms with van der Waals surface area (Å²) in [5.74, 6) is -1.20. The lowest BCUT2D eigenvalue weighted by molar-refractivity contribution is -0.115. The summed E-state index contributed by atoms with van der Waals surface area (Å²) in [5.41, 5.74) is 1.45. The van der Waals surface area contributed by atoms with Crippen LogP contribution in [0.1, 0.15) is 26.3 Å². The lowest BCUT2D eigenvalue weighted by Gasteiger charge is -2.09. The minimum Gasteiger partial charge on any atom is -0.508 e. The highest BCUT2D eigenvalue weighted by Gasteiger charge is 2.26. The molecule has 3 amide bonds. The molecular weight excluding hydrogens is 332 g/mol. The Bertz CT molecular complexity index is 1090. The molecule has 4 rings (SSSR count). The van der Waals surface area contributed by atoms with Crippen LogP contribution in [0.2, 0.25) is 0 Å². The Morgan fingerprint density at radius 1 is 0.923 bits per heavy atom. The van der Waals surface area contributed by atoms with Crippen molar-refractivity contribution < 1.29 is 19.5 Å². The average Bonchev–Trinajstić information content (AvgIpc) is 2.89. The number of phenolic OH excluding ortho intramolecular Hbond substituents is 1. The number of carbonyl (C=O) groups excluding carboxylic acids is 3. The molecule has 0 saturated carbocycles. The van der Waals surface area contributed by atoms with Crippen molar-refractivity contribution in [2.24, 2.45) is 0 Å². The van der Waals surface area contributed by atoms with E-state index in [1.807, 2.05) is 24.3 Å². The van der Waals surface area contributed by atoms with Gasteiger partial charge in [0.1, 0.15) is 5.75 Å². The first-order valence-corrected chi connectivity index (χ1v) is 8.01. The fourth-order valence-corrected chi connectivity index (χ4v) is 3.04. The molecular formula is C20H14N2O4. The number of amides is 3. The Balaban J connectivity index is 1.55. The van der Waals surface area contributed by atoms with Gasteiger partial charge in [0.05, 0.1) is 17.5 Å². The second-order valence-electron chi connectivity index (χ2n) is 6.10. The normalized spacial score (nSPS) is 12.8. The summed E-state index contributed by atoms with van der Waals surface area (Å²) in [4.78, 5) is 35.6. The van der Waals surface area contributed by atoms with E-state index in [9.17, 15) is 19.5 Å². The zero-order valence-electron chi connectivity index (χ0n) is 13.6. The number of imide groups is 1. The van der Waals surface area contributed by atoms with Crippen LogP contribution >= 0.6 is 0 Å². The van der Waals surface area contributed by atoms with E-state index in [0.717, 1.165) is 10.8 Å². The van der Waals surface area contributed by atoms with Gasteiger partial charge in [-0.2, -0.15) is 0 Å². The molecule has 3 aromatic rings. The molecule has 0 radical (unpaired) electrons. The van der Waals surface area contributed by atoms with Crippen molar-refractivity contribution in [2.75, 3.05) is 5.32 Å². The topological polar surface area (TPSA) is 95.5 Å². The highest BCUT2D eigenvalue weighted by atomic mass is 16.3. The van der Waals surface area contributed by atoms with E-state index in [1.54, 1.807) is 18.2 Å². The Morgan fingerprint density at radius 2 is 1.62 bits per heavy atom. The van der Waals surface area contributed by atoms with Crippen LogP contribution in [0.4, 0.5) is 5.69 Å². The molecule has 1 aliphatic heterocycles. The van der Waals surface area contributed by atoms with E-state index < -0.39 is 11.8 Å². The molecule has 1 heterocycles. The molecule has 1 aliphatic rings. The lowest BCUT2D eigenvalue weighted by atomic mass is 10.0. The highest BCUT2D eigenvalue weighted by molar-refractivity contribution is 6.22. The van der Waals surface area contributed by atoms with Crippen LogP contribution in [0.25, 0.3) is 10.8 Å². The van der Waals surface area contributed by atoms with Crippen molar-refractivity contribution in [1.82, 2.24) is 5.32 Å². The first-order valence-electron chi connectivity index (χ1n) is 8.01. The maximum absolute atomic E-state index is 12.3. The van der Waals surface area contributed by atoms with Crippen molar-refractivity contribution in [3.63, 3.8) is 0 Å². The van der Waals surface area contributed by atoms with E-state index in [0.29, 0.717) is 16.8 Å². The van der Waals surface area contributed by atoms with Crippen LogP contribution in [0.3, 0.4) is 0 Å². The second kappa shape index (κ2) is 6.00. The molecule has 0 aliphatic carbocycles. The quantitative estimate of drug-likeness (QED) is 0.635. The SMILES string of the molecule is O=C(Cc1cc2ccccc2cc1O)Nc1ccc2c(c1)C(=O)NC2=O. The number of phenols is 1. The van der Waals surface area contributed by atoms with Gasteiger partial charge in [0.2, 0.25) is 5.91 Å². The molecule has 6 heteroatoms. The van der Waals surface area contributed by atoms with Gasteiger partial charge < -0.3 is 10.4 Å². The van der Waals surface area contributed by atoms with Crippen molar-refractivity contribution >= 4 is 34.2 Å². The fraction of sp³-hybridized carbons (Fsp3) is 0.0500. The van der Waals surface area contributed by atoms with E-state index in [-0.39, 0.29) is 23.6 Å². The number of aromatic hydroxyl groups is 1. The summed E-state index contributed by atoms with van der Waals surface area (Å²) in [5, 5.41) is 16.9. The van der Waals surface area contributed by atoms with Gasteiger partial charge in [0, 0.05) is 11.3 Å². The predicted octanol–water partition coefficient (Wildman–Crippen LogP) is 2.61. The van der Waals surface area contributed by atoms with Crippen LogP contribution in [-0.2, 0) is 11.2 Å². The van der Waals surface area contributed by atoms with E-state index in [4.69, 9.17) is 0 Å². The van der Waals surface area contributed by atoms with Gasteiger partial charge in [-0.15, -0.1) is 0 Å². The maximum atomic E-state index is 12.3. The van der Waals surface area contributed by atoms with Gasteiger partial charge in [0.25, 0.3) is 11.8 Å². The number of benzene rings is 3. The maximum Gasteiger partial charge on any atom is 0.259 e. The van der Waals surface area contributed by atoms with Crippen LogP contribution < -0.4 is 10.6 Å². The molecule has 0 atom stereocenters. The van der Waals surface area contributed by atoms with Crippen molar-refractivity contribution in [3.8, 4) is 5.75 Å². The minimum absolute atomic E-state index is 0.0150. The molecule has 3 aromatic carbocycles. The average molecular weight is 346 g/mol. The molecule has 0 unspecified atom stereocenters. The second-order valence-corrected chi connectivity index (χ2v) is 6.10. The number of hydrogen-bond donors (Lipinski definition) is 3. The number of fused-ring (bicyclic) bond motifs is 2. The van der Waals surface area contributed by atoms with E-state index >= 15 is 0 Å². The van der Waals surface area contributed by atoms with E-state index in [2.05, 4.69) is 10.6 Å². The third-order valence-corrected chi connectivity index (χ3v) is 4.32. The number of rotatable bonds is 3. The van der Waals surface area contributed by atoms with Gasteiger partial charge in [0.15, 0.2) is 0 Å². The smallest absolute Gasteiger partial charge is 0.259 e. The number of nitrogens with one attached hydrogen (secondary N) is 2. The molecule has 3 N–H and O–H groups in total. The summed E-state index contributed by atoms with van der Waals surface area (Å²) in [6, 6.07) is 15.5. The standard InChI is InChI=1S/C20H14N2O4/c23-17-8-12-4-2-1-3-11(12)7-13(17)9-18(24)21-14-5-6-15-16(10-14)20(26)22-19(15)25/h1-8,10,23H,9H2,(H,21,24)(H,22,25,26). The number of hydrogen-bond acceptors (Lipinski definition) is 4. The summed E-state index contributed by atoms with van der Waals surface area (Å²) in [6.45, 7) is 0. The molecule has 0 spiro atoms. The van der Waals surface area contributed by atoms with Gasteiger partial charge in [-0.05, 0) is 41.1 Å². The number of anilines is 1. The van der Waals surface area contributed by atoms with Gasteiger partial charge in [-0.3, -0.25) is 19.7 Å². The van der Waals surface area contributed by atoms with Crippen LogP contribution in [0.15, 0.2) is 54.6 Å². The summed E-state index contributed by atoms with van der Waals surface area (Å²) < 4.78 is 0. The number of carbonyl (C=O) groups is 3. The van der Waals surface area contributed by atoms with Crippen molar-refractivity contribution in [2.45, 2.75) is 6.42 Å². The Morgan fingerprint density at radius 3 is 2.38 bits per heavy atom. The molecule has 0 aromatic heterocycles. The molecule has 0 fully saturated rings. The van der Waals surface area contributed by atoms with Crippen LogP contribution in [0.5, 0.6) is 5.75 Å². The summed E-state index contributed by atoms with van der Waals surface area (Å²) in [6.07, 6.45) is -0.0150. The molecule has 0 saturated heterocycles. The van der Waals surface area contributed by atoms with Crippen molar-refractivity contribution in [1.29, 1.82) is 0 Å². The Labute approximate surface area is 148 Å². The fourth-order valence-electron chi connectivity index (χ4n) is 3.04. The van der Waals surface area contributed by atoms with Gasteiger partial charge >= 0.3 is 0 Å². The largest absolute Gasteiger partial charge is 0.508 e. The Kier molecular flexibility index (Phi) is 3.65. The monoisotopic (exact) mass is 346 g/mol. The third kappa shape index (κ3) is 2.77. The minimum atomic E-state index is -0.478. The summed E-state index contributed by atoms with van der Waals surface area (Å²) >= 11 is 0. The van der Waals surface area contributed by atoms with E-state index in [1.165, 1.54) is 12.1 Å². The zero-order valence-corrected chi connectivity index (χ0v) is 13.6. The molecule has 128 valence electrons. The molecule has 0 bridgehead atoms.